The van der Waals surface area contributed by atoms with Gasteiger partial charge in [-0.25, -0.2) is 4.98 Å². The van der Waals surface area contributed by atoms with E-state index < -0.39 is 0 Å². The molecule has 0 aliphatic carbocycles. The Balaban J connectivity index is 1.26. The van der Waals surface area contributed by atoms with Gasteiger partial charge in [-0.2, -0.15) is 5.21 Å². The van der Waals surface area contributed by atoms with Crippen molar-refractivity contribution in [1.29, 1.82) is 0 Å². The Kier molecular flexibility index (Phi) is 6.07. The Morgan fingerprint density at radius 1 is 0.793 bits per heavy atom. The molecule has 2 aromatic carbocycles. The molecular formula is C22H21N5O2. The SMILES string of the molecule is c1ccc(-c2cccc(COc3ccc(OCCCc4nn[nH]n4)cc3)n2)cc1. The van der Waals surface area contributed by atoms with Crippen molar-refractivity contribution >= 4 is 0 Å². The van der Waals surface area contributed by atoms with Gasteiger partial charge in [0.05, 0.1) is 18.0 Å². The molecule has 0 aliphatic heterocycles. The number of nitrogens with one attached hydrogen (secondary N) is 1. The first-order chi connectivity index (χ1) is 14.4. The molecule has 7 heteroatoms. The van der Waals surface area contributed by atoms with E-state index in [0.717, 1.165) is 41.3 Å². The Hall–Kier alpha value is -3.74. The fourth-order valence-electron chi connectivity index (χ4n) is 2.83. The first-order valence-electron chi connectivity index (χ1n) is 9.46. The van der Waals surface area contributed by atoms with Crippen molar-refractivity contribution in [2.45, 2.75) is 19.4 Å². The molecule has 0 saturated carbocycles. The third kappa shape index (κ3) is 5.38. The summed E-state index contributed by atoms with van der Waals surface area (Å²) in [4.78, 5) is 4.68. The van der Waals surface area contributed by atoms with E-state index in [2.05, 4.69) is 25.6 Å². The van der Waals surface area contributed by atoms with Gasteiger partial charge in [-0.05, 0) is 42.8 Å². The minimum absolute atomic E-state index is 0.408. The summed E-state index contributed by atoms with van der Waals surface area (Å²) < 4.78 is 11.6. The average molecular weight is 387 g/mol. The second kappa shape index (κ2) is 9.45. The van der Waals surface area contributed by atoms with Crippen LogP contribution in [0.2, 0.25) is 0 Å². The Morgan fingerprint density at radius 2 is 1.59 bits per heavy atom. The first kappa shape index (κ1) is 18.6. The Morgan fingerprint density at radius 3 is 2.34 bits per heavy atom. The van der Waals surface area contributed by atoms with Crippen LogP contribution in [0, 0.1) is 0 Å². The van der Waals surface area contributed by atoms with Gasteiger partial charge in [0.15, 0.2) is 5.82 Å². The van der Waals surface area contributed by atoms with Gasteiger partial charge in [-0.1, -0.05) is 41.6 Å². The van der Waals surface area contributed by atoms with Crippen LogP contribution >= 0.6 is 0 Å². The Bertz CT molecular complexity index is 1010. The van der Waals surface area contributed by atoms with Gasteiger partial charge in [0.25, 0.3) is 0 Å². The molecule has 4 rings (SSSR count). The summed E-state index contributed by atoms with van der Waals surface area (Å²) in [6, 6.07) is 23.7. The number of tetrazole rings is 1. The van der Waals surface area contributed by atoms with E-state index in [9.17, 15) is 0 Å². The van der Waals surface area contributed by atoms with Crippen molar-refractivity contribution in [1.82, 2.24) is 25.6 Å². The summed E-state index contributed by atoms with van der Waals surface area (Å²) in [6.45, 7) is 0.997. The number of pyridine rings is 1. The van der Waals surface area contributed by atoms with Gasteiger partial charge in [-0.15, -0.1) is 10.2 Å². The van der Waals surface area contributed by atoms with Crippen LogP contribution in [-0.4, -0.2) is 32.2 Å². The lowest BCUT2D eigenvalue weighted by Crippen LogP contribution is -2.01. The highest BCUT2D eigenvalue weighted by atomic mass is 16.5. The maximum absolute atomic E-state index is 5.87. The molecule has 146 valence electrons. The minimum Gasteiger partial charge on any atom is -0.494 e. The van der Waals surface area contributed by atoms with Crippen molar-refractivity contribution in [3.05, 3.63) is 84.3 Å². The highest BCUT2D eigenvalue weighted by Gasteiger charge is 2.03. The van der Waals surface area contributed by atoms with E-state index in [-0.39, 0.29) is 0 Å². The lowest BCUT2D eigenvalue weighted by Gasteiger charge is -2.09. The molecule has 0 bridgehead atoms. The maximum atomic E-state index is 5.87. The standard InChI is InChI=1S/C22H21N5O2/c1-2-6-17(7-3-1)21-9-4-8-18(23-21)16-29-20-13-11-19(12-14-20)28-15-5-10-22-24-26-27-25-22/h1-4,6-9,11-14H,5,10,15-16H2,(H,24,25,26,27). The summed E-state index contributed by atoms with van der Waals surface area (Å²) in [5.41, 5.74) is 2.92. The molecule has 1 N–H and O–H groups in total. The molecule has 0 radical (unpaired) electrons. The number of H-pyrrole nitrogens is 1. The largest absolute Gasteiger partial charge is 0.494 e. The molecule has 0 atom stereocenters. The summed E-state index contributed by atoms with van der Waals surface area (Å²) >= 11 is 0. The van der Waals surface area contributed by atoms with Crippen LogP contribution in [-0.2, 0) is 13.0 Å². The van der Waals surface area contributed by atoms with Crippen molar-refractivity contribution < 1.29 is 9.47 Å². The van der Waals surface area contributed by atoms with Gasteiger partial charge in [0.2, 0.25) is 0 Å². The van der Waals surface area contributed by atoms with Crippen LogP contribution in [0.25, 0.3) is 11.3 Å². The number of benzene rings is 2. The highest BCUT2D eigenvalue weighted by Crippen LogP contribution is 2.20. The molecule has 0 saturated heterocycles. The molecule has 0 unspecified atom stereocenters. The van der Waals surface area contributed by atoms with E-state index >= 15 is 0 Å². The van der Waals surface area contributed by atoms with E-state index in [1.54, 1.807) is 0 Å². The molecular weight excluding hydrogens is 366 g/mol. The quantitative estimate of drug-likeness (QED) is 0.439. The van der Waals surface area contributed by atoms with Crippen LogP contribution in [0.3, 0.4) is 0 Å². The van der Waals surface area contributed by atoms with Gasteiger partial charge >= 0.3 is 0 Å². The molecule has 4 aromatic rings. The van der Waals surface area contributed by atoms with E-state index in [4.69, 9.17) is 9.47 Å². The van der Waals surface area contributed by atoms with E-state index in [1.165, 1.54) is 0 Å². The summed E-state index contributed by atoms with van der Waals surface area (Å²) in [5, 5.41) is 13.8. The molecule has 0 fully saturated rings. The monoisotopic (exact) mass is 387 g/mol. The molecule has 2 heterocycles. The van der Waals surface area contributed by atoms with Gasteiger partial charge in [0.1, 0.15) is 18.1 Å². The molecule has 2 aromatic heterocycles. The smallest absolute Gasteiger partial charge is 0.174 e. The van der Waals surface area contributed by atoms with Crippen molar-refractivity contribution in [2.24, 2.45) is 0 Å². The fourth-order valence-corrected chi connectivity index (χ4v) is 2.83. The van der Waals surface area contributed by atoms with Crippen LogP contribution < -0.4 is 9.47 Å². The number of rotatable bonds is 9. The van der Waals surface area contributed by atoms with Crippen LogP contribution in [0.1, 0.15) is 17.9 Å². The van der Waals surface area contributed by atoms with E-state index in [1.807, 2.05) is 72.8 Å². The number of aromatic nitrogens is 5. The predicted molar refractivity (Wildman–Crippen MR) is 108 cm³/mol. The van der Waals surface area contributed by atoms with Crippen LogP contribution in [0.15, 0.2) is 72.8 Å². The predicted octanol–water partition coefficient (Wildman–Crippen LogP) is 3.85. The normalized spacial score (nSPS) is 10.6. The third-order valence-electron chi connectivity index (χ3n) is 4.29. The second-order valence-corrected chi connectivity index (χ2v) is 6.42. The molecule has 0 aliphatic rings. The molecule has 7 nitrogen and oxygen atoms in total. The first-order valence-corrected chi connectivity index (χ1v) is 9.46. The number of aromatic amines is 1. The minimum atomic E-state index is 0.408. The zero-order valence-electron chi connectivity index (χ0n) is 15.9. The van der Waals surface area contributed by atoms with Crippen molar-refractivity contribution in [3.8, 4) is 22.8 Å². The van der Waals surface area contributed by atoms with Crippen LogP contribution in [0.4, 0.5) is 0 Å². The third-order valence-corrected chi connectivity index (χ3v) is 4.29. The van der Waals surface area contributed by atoms with Gasteiger partial charge in [-0.3, -0.25) is 0 Å². The van der Waals surface area contributed by atoms with Gasteiger partial charge in [0, 0.05) is 12.0 Å². The molecule has 29 heavy (non-hydrogen) atoms. The maximum Gasteiger partial charge on any atom is 0.174 e. The zero-order chi connectivity index (χ0) is 19.7. The van der Waals surface area contributed by atoms with Crippen molar-refractivity contribution in [2.75, 3.05) is 6.61 Å². The average Bonchev–Trinajstić information content (AvgIpc) is 3.31. The van der Waals surface area contributed by atoms with E-state index in [0.29, 0.717) is 19.0 Å². The molecule has 0 spiro atoms. The lowest BCUT2D eigenvalue weighted by molar-refractivity contribution is 0.296. The zero-order valence-corrected chi connectivity index (χ0v) is 15.9. The van der Waals surface area contributed by atoms with Gasteiger partial charge < -0.3 is 9.47 Å². The van der Waals surface area contributed by atoms with Crippen LogP contribution in [0.5, 0.6) is 11.5 Å². The Labute approximate surface area is 168 Å². The number of aryl methyl sites for hydroxylation is 1. The highest BCUT2D eigenvalue weighted by molar-refractivity contribution is 5.58. The number of hydrogen-bond acceptors (Lipinski definition) is 6. The number of nitrogens with zero attached hydrogens (tertiary/aromatic N) is 4. The topological polar surface area (TPSA) is 85.8 Å². The fraction of sp³-hybridized carbons (Fsp3) is 0.182. The summed E-state index contributed by atoms with van der Waals surface area (Å²) in [7, 11) is 0. The van der Waals surface area contributed by atoms with Crippen molar-refractivity contribution in [3.63, 3.8) is 0 Å². The molecule has 0 amide bonds. The lowest BCUT2D eigenvalue weighted by atomic mass is 10.1. The summed E-state index contributed by atoms with van der Waals surface area (Å²) in [6.07, 6.45) is 1.55. The summed E-state index contributed by atoms with van der Waals surface area (Å²) in [5.74, 6) is 2.27. The second-order valence-electron chi connectivity index (χ2n) is 6.42. The number of ether oxygens (including phenoxy) is 2. The number of hydrogen-bond donors (Lipinski definition) is 1.